The molecule has 0 bridgehead atoms. The van der Waals surface area contributed by atoms with E-state index in [2.05, 4.69) is 125 Å². The van der Waals surface area contributed by atoms with Gasteiger partial charge in [0.05, 0.1) is 13.2 Å². The fourth-order valence-corrected chi connectivity index (χ4v) is 9.77. The Balaban J connectivity index is 1.48. The van der Waals surface area contributed by atoms with Crippen LogP contribution in [0.1, 0.15) is 225 Å². The minimum Gasteiger partial charge on any atom is -0.507 e. The summed E-state index contributed by atoms with van der Waals surface area (Å²) in [6.07, 6.45) is 1.03. The average molecular weight is 1020 g/mol. The second kappa shape index (κ2) is 20.9. The lowest BCUT2D eigenvalue weighted by atomic mass is 9.80. The van der Waals surface area contributed by atoms with Crippen LogP contribution in [-0.4, -0.2) is 40.9 Å². The highest BCUT2D eigenvalue weighted by atomic mass is 16.3. The minimum absolute atomic E-state index is 0.00609. The number of hydrogen-bond acceptors (Lipinski definition) is 8. The lowest BCUT2D eigenvalue weighted by Crippen LogP contribution is -2.15. The average Bonchev–Trinajstić information content (AvgIpc) is 3.27. The maximum atomic E-state index is 12.5. The lowest BCUT2D eigenvalue weighted by molar-refractivity contribution is 0.274. The molecule has 8 N–H and O–H groups in total. The molecule has 6 aromatic carbocycles. The molecule has 0 radical (unpaired) electrons. The van der Waals surface area contributed by atoms with Crippen molar-refractivity contribution in [2.75, 3.05) is 0 Å². The monoisotopic (exact) mass is 1020 g/mol. The van der Waals surface area contributed by atoms with Gasteiger partial charge < -0.3 is 40.9 Å². The van der Waals surface area contributed by atoms with E-state index >= 15 is 0 Å². The van der Waals surface area contributed by atoms with Gasteiger partial charge in [0.2, 0.25) is 0 Å². The van der Waals surface area contributed by atoms with Gasteiger partial charge in [0.15, 0.2) is 0 Å². The highest BCUT2D eigenvalue weighted by molar-refractivity contribution is 5.59. The Morgan fingerprint density at radius 2 is 0.320 bits per heavy atom. The van der Waals surface area contributed by atoms with Crippen LogP contribution in [0.5, 0.6) is 34.5 Å². The van der Waals surface area contributed by atoms with Gasteiger partial charge in [-0.05, 0) is 134 Å². The Labute approximate surface area is 448 Å². The summed E-state index contributed by atoms with van der Waals surface area (Å²) in [5.41, 5.74) is 11.1. The topological polar surface area (TPSA) is 162 Å². The van der Waals surface area contributed by atoms with Crippen LogP contribution in [-0.2, 0) is 77.8 Å². The number of phenolic OH excluding ortho intramolecular Hbond substituents is 4. The SMILES string of the molecule is CC(C)(C)c1cc(CO)c(O)c(Cc2cc(C(C)(C)C)cc(Cc3cc(C(C)(C)C)cc(Cc4cc(C(C)(C)C)cc(Cc5cc(C(C)(C)C)cc(Cc6cc(C(C)(C)C)cc(CO)c6O)c5O)c4O)c3O)c2O)c1. The smallest absolute Gasteiger partial charge is 0.124 e. The van der Waals surface area contributed by atoms with Gasteiger partial charge in [0, 0.05) is 43.2 Å². The zero-order valence-electron chi connectivity index (χ0n) is 48.5. The number of phenols is 6. The van der Waals surface area contributed by atoms with E-state index in [1.54, 1.807) is 0 Å². The second-order valence-corrected chi connectivity index (χ2v) is 27.6. The number of aliphatic hydroxyl groups excluding tert-OH is 2. The molecule has 0 atom stereocenters. The van der Waals surface area contributed by atoms with Crippen LogP contribution in [0.25, 0.3) is 0 Å². The Hall–Kier alpha value is -5.96. The predicted octanol–water partition coefficient (Wildman–Crippen LogP) is 14.6. The molecule has 6 aromatic rings. The normalized spacial score (nSPS) is 13.0. The summed E-state index contributed by atoms with van der Waals surface area (Å²) in [6.45, 7) is 37.3. The first-order valence-corrected chi connectivity index (χ1v) is 26.6. The van der Waals surface area contributed by atoms with Crippen LogP contribution in [0, 0.1) is 0 Å². The molecule has 8 nitrogen and oxygen atoms in total. The largest absolute Gasteiger partial charge is 0.507 e. The molecule has 0 unspecified atom stereocenters. The molecule has 0 aliphatic carbocycles. The molecule has 0 amide bonds. The minimum atomic E-state index is -0.337. The van der Waals surface area contributed by atoms with Crippen LogP contribution in [0.3, 0.4) is 0 Å². The molecule has 0 heterocycles. The maximum absolute atomic E-state index is 12.5. The van der Waals surface area contributed by atoms with E-state index in [4.69, 9.17) is 0 Å². The van der Waals surface area contributed by atoms with Gasteiger partial charge in [-0.2, -0.15) is 0 Å². The number of benzene rings is 6. The number of aromatic hydroxyl groups is 6. The van der Waals surface area contributed by atoms with Crippen molar-refractivity contribution >= 4 is 0 Å². The third-order valence-corrected chi connectivity index (χ3v) is 15.0. The van der Waals surface area contributed by atoms with E-state index in [-0.39, 0.29) is 112 Å². The fraction of sp³-hybridized carbons (Fsp3) is 0.463. The second-order valence-electron chi connectivity index (χ2n) is 27.6. The molecule has 0 spiro atoms. The van der Waals surface area contributed by atoms with E-state index in [9.17, 15) is 40.9 Å². The molecular weight excluding hydrogens is 933 g/mol. The third kappa shape index (κ3) is 13.2. The van der Waals surface area contributed by atoms with Crippen LogP contribution < -0.4 is 0 Å². The highest BCUT2D eigenvalue weighted by Gasteiger charge is 2.28. The van der Waals surface area contributed by atoms with Crippen LogP contribution in [0.2, 0.25) is 0 Å². The standard InChI is InChI=1S/C67H88O8/c1-62(2,3)50-24-38(56(70)40(26-50)20-42-28-52(64(7,8)9)30-44(58(42)72)22-46-32-54(66(13,14)15)34-48(36-68)60(46)74)19-39-25-51(63(4,5)6)27-41(57(39)71)21-43-29-53(65(10,11)12)31-45(59(43)73)23-47-33-55(67(16,17)18)35-49(37-69)61(47)75/h24-35,68-75H,19-23,36-37H2,1-18H3. The van der Waals surface area contributed by atoms with Crippen molar-refractivity contribution in [2.45, 2.75) is 202 Å². The highest BCUT2D eigenvalue weighted by Crippen LogP contribution is 2.44. The first-order valence-electron chi connectivity index (χ1n) is 26.6. The van der Waals surface area contributed by atoms with Crippen LogP contribution >= 0.6 is 0 Å². The summed E-state index contributed by atoms with van der Waals surface area (Å²) in [5.74, 6) is 0.294. The van der Waals surface area contributed by atoms with E-state index in [1.807, 2.05) is 72.8 Å². The van der Waals surface area contributed by atoms with E-state index in [1.165, 1.54) is 0 Å². The predicted molar refractivity (Wildman–Crippen MR) is 307 cm³/mol. The molecular formula is C67H88O8. The Morgan fingerprint density at radius 1 is 0.213 bits per heavy atom. The molecule has 6 rings (SSSR count). The van der Waals surface area contributed by atoms with Crippen LogP contribution in [0.4, 0.5) is 0 Å². The van der Waals surface area contributed by atoms with Gasteiger partial charge >= 0.3 is 0 Å². The van der Waals surface area contributed by atoms with E-state index in [0.717, 1.165) is 33.4 Å². The van der Waals surface area contributed by atoms with Gasteiger partial charge in [-0.25, -0.2) is 0 Å². The Morgan fingerprint density at radius 3 is 0.427 bits per heavy atom. The van der Waals surface area contributed by atoms with E-state index < -0.39 is 0 Å². The van der Waals surface area contributed by atoms with Crippen molar-refractivity contribution in [3.8, 4) is 34.5 Å². The molecule has 0 aliphatic heterocycles. The summed E-state index contributed by atoms with van der Waals surface area (Å²) in [4.78, 5) is 0. The molecule has 8 heteroatoms. The number of aliphatic hydroxyl groups is 2. The fourth-order valence-electron chi connectivity index (χ4n) is 9.77. The summed E-state index contributed by atoms with van der Waals surface area (Å²) < 4.78 is 0. The summed E-state index contributed by atoms with van der Waals surface area (Å²) >= 11 is 0. The van der Waals surface area contributed by atoms with Gasteiger partial charge in [-0.3, -0.25) is 0 Å². The molecule has 0 aromatic heterocycles. The van der Waals surface area contributed by atoms with Crippen molar-refractivity contribution < 1.29 is 40.9 Å². The zero-order valence-corrected chi connectivity index (χ0v) is 48.5. The van der Waals surface area contributed by atoms with Crippen molar-refractivity contribution in [2.24, 2.45) is 0 Å². The van der Waals surface area contributed by atoms with Gasteiger partial charge in [0.25, 0.3) is 0 Å². The Bertz CT molecular complexity index is 2880. The van der Waals surface area contributed by atoms with Crippen molar-refractivity contribution in [3.05, 3.63) is 173 Å². The molecule has 404 valence electrons. The summed E-state index contributed by atoms with van der Waals surface area (Å²) in [5, 5.41) is 92.6. The molecule has 75 heavy (non-hydrogen) atoms. The molecule has 0 aliphatic rings. The van der Waals surface area contributed by atoms with Crippen LogP contribution in [0.15, 0.2) is 72.8 Å². The first-order chi connectivity index (χ1) is 34.3. The van der Waals surface area contributed by atoms with Crippen molar-refractivity contribution in [1.29, 1.82) is 0 Å². The molecule has 0 fully saturated rings. The summed E-state index contributed by atoms with van der Waals surface area (Å²) in [6, 6.07) is 23.6. The van der Waals surface area contributed by atoms with Gasteiger partial charge in [0.1, 0.15) is 34.5 Å². The summed E-state index contributed by atoms with van der Waals surface area (Å²) in [7, 11) is 0. The van der Waals surface area contributed by atoms with Gasteiger partial charge in [-0.1, -0.05) is 185 Å². The third-order valence-electron chi connectivity index (χ3n) is 15.0. The Kier molecular flexibility index (Phi) is 16.2. The molecule has 0 saturated carbocycles. The van der Waals surface area contributed by atoms with Gasteiger partial charge in [-0.15, -0.1) is 0 Å². The quantitative estimate of drug-likeness (QED) is 0.0601. The number of hydrogen-bond donors (Lipinski definition) is 8. The maximum Gasteiger partial charge on any atom is 0.124 e. The van der Waals surface area contributed by atoms with E-state index in [0.29, 0.717) is 66.8 Å². The zero-order chi connectivity index (χ0) is 56.3. The lowest BCUT2D eigenvalue weighted by Gasteiger charge is -2.26. The molecule has 0 saturated heterocycles. The number of rotatable bonds is 12. The van der Waals surface area contributed by atoms with Crippen molar-refractivity contribution in [3.63, 3.8) is 0 Å². The van der Waals surface area contributed by atoms with Crippen molar-refractivity contribution in [1.82, 2.24) is 0 Å². The first kappa shape index (κ1) is 58.3.